The summed E-state index contributed by atoms with van der Waals surface area (Å²) >= 11 is 0. The van der Waals surface area contributed by atoms with E-state index in [1.807, 2.05) is 12.1 Å². The lowest BCUT2D eigenvalue weighted by molar-refractivity contribution is -0.145. The third-order valence-corrected chi connectivity index (χ3v) is 7.08. The minimum absolute atomic E-state index is 0.126. The monoisotopic (exact) mass is 523 g/mol. The van der Waals surface area contributed by atoms with Crippen molar-refractivity contribution in [2.24, 2.45) is 0 Å². The number of anilines is 1. The topological polar surface area (TPSA) is 113 Å². The number of para-hydroxylation sites is 2. The molecule has 0 aliphatic carbocycles. The van der Waals surface area contributed by atoms with Crippen LogP contribution >= 0.6 is 0 Å². The number of amides is 3. The summed E-state index contributed by atoms with van der Waals surface area (Å²) in [5, 5.41) is 5.58. The first-order valence-electron chi connectivity index (χ1n) is 12.8. The lowest BCUT2D eigenvalue weighted by Gasteiger charge is -2.38. The van der Waals surface area contributed by atoms with E-state index in [4.69, 9.17) is 14.2 Å². The molecule has 0 radical (unpaired) electrons. The van der Waals surface area contributed by atoms with Gasteiger partial charge in [0.25, 0.3) is 0 Å². The highest BCUT2D eigenvalue weighted by atomic mass is 16.7. The van der Waals surface area contributed by atoms with Crippen molar-refractivity contribution in [3.05, 3.63) is 48.0 Å². The van der Waals surface area contributed by atoms with Crippen molar-refractivity contribution in [2.45, 2.75) is 19.0 Å². The number of fused-ring (bicyclic) bond motifs is 1. The number of piperazine rings is 2. The summed E-state index contributed by atoms with van der Waals surface area (Å²) in [5.41, 5.74) is 1.68. The average Bonchev–Trinajstić information content (AvgIpc) is 3.39. The molecule has 0 spiro atoms. The van der Waals surface area contributed by atoms with E-state index in [-0.39, 0.29) is 37.5 Å². The molecule has 3 amide bonds. The third-order valence-electron chi connectivity index (χ3n) is 7.08. The zero-order chi connectivity index (χ0) is 26.5. The molecule has 3 aliphatic heterocycles. The molecule has 3 aliphatic rings. The van der Waals surface area contributed by atoms with Crippen molar-refractivity contribution >= 4 is 23.4 Å². The summed E-state index contributed by atoms with van der Waals surface area (Å²) in [6, 6.07) is 12.2. The highest BCUT2D eigenvalue weighted by molar-refractivity contribution is 5.98. The van der Waals surface area contributed by atoms with E-state index in [1.165, 1.54) is 7.11 Å². The summed E-state index contributed by atoms with van der Waals surface area (Å²) in [5.74, 6) is 1.28. The van der Waals surface area contributed by atoms with E-state index >= 15 is 0 Å². The smallest absolute Gasteiger partial charge is 0.243 e. The SMILES string of the molecule is COc1ccccc1NC(=O)C[C@H]1C(=O)NCCN1C(=O)CN1CCN(Cc2ccc3c(c2)OCO3)CC1. The maximum atomic E-state index is 13.3. The van der Waals surface area contributed by atoms with Gasteiger partial charge in [-0.2, -0.15) is 0 Å². The summed E-state index contributed by atoms with van der Waals surface area (Å²) in [6.07, 6.45) is -0.126. The van der Waals surface area contributed by atoms with Gasteiger partial charge in [-0.1, -0.05) is 18.2 Å². The Kier molecular flexibility index (Phi) is 7.94. The van der Waals surface area contributed by atoms with Crippen LogP contribution in [0.15, 0.2) is 42.5 Å². The van der Waals surface area contributed by atoms with Crippen LogP contribution in [0.1, 0.15) is 12.0 Å². The molecule has 2 fully saturated rings. The fourth-order valence-corrected chi connectivity index (χ4v) is 5.03. The highest BCUT2D eigenvalue weighted by Gasteiger charge is 2.35. The van der Waals surface area contributed by atoms with Gasteiger partial charge in [-0.15, -0.1) is 0 Å². The zero-order valence-electron chi connectivity index (χ0n) is 21.5. The van der Waals surface area contributed by atoms with Crippen LogP contribution in [0, 0.1) is 0 Å². The average molecular weight is 524 g/mol. The van der Waals surface area contributed by atoms with Crippen molar-refractivity contribution < 1.29 is 28.6 Å². The highest BCUT2D eigenvalue weighted by Crippen LogP contribution is 2.33. The van der Waals surface area contributed by atoms with Gasteiger partial charge in [0.15, 0.2) is 11.5 Å². The summed E-state index contributed by atoms with van der Waals surface area (Å²) < 4.78 is 16.1. The van der Waals surface area contributed by atoms with Crippen LogP contribution in [0.25, 0.3) is 0 Å². The van der Waals surface area contributed by atoms with Gasteiger partial charge >= 0.3 is 0 Å². The molecule has 0 saturated carbocycles. The van der Waals surface area contributed by atoms with Gasteiger partial charge in [-0.25, -0.2) is 0 Å². The number of carbonyl (C=O) groups excluding carboxylic acids is 3. The minimum atomic E-state index is -0.849. The lowest BCUT2D eigenvalue weighted by atomic mass is 10.1. The van der Waals surface area contributed by atoms with E-state index in [9.17, 15) is 14.4 Å². The normalized spacial score (nSPS) is 19.7. The molecule has 1 atom stereocenters. The van der Waals surface area contributed by atoms with Gasteiger partial charge in [0, 0.05) is 45.8 Å². The second kappa shape index (κ2) is 11.7. The molecule has 0 aromatic heterocycles. The first-order valence-corrected chi connectivity index (χ1v) is 12.8. The summed E-state index contributed by atoms with van der Waals surface area (Å²) in [6.45, 7) is 5.17. The quantitative estimate of drug-likeness (QED) is 0.525. The van der Waals surface area contributed by atoms with Crippen LogP contribution in [-0.2, 0) is 20.9 Å². The molecule has 2 aromatic carbocycles. The van der Waals surface area contributed by atoms with E-state index in [1.54, 1.807) is 29.2 Å². The fraction of sp³-hybridized carbons (Fsp3) is 0.444. The van der Waals surface area contributed by atoms with Crippen molar-refractivity contribution in [1.82, 2.24) is 20.0 Å². The molecule has 0 bridgehead atoms. The largest absolute Gasteiger partial charge is 0.495 e. The minimum Gasteiger partial charge on any atom is -0.495 e. The lowest BCUT2D eigenvalue weighted by Crippen LogP contribution is -2.60. The Morgan fingerprint density at radius 1 is 1.03 bits per heavy atom. The standard InChI is InChI=1S/C27H33N5O6/c1-36-22-5-3-2-4-20(22)29-25(33)15-21-27(35)28-8-9-32(21)26(34)17-31-12-10-30(11-13-31)16-19-6-7-23-24(14-19)38-18-37-23/h2-7,14,21H,8-13,15-18H2,1H3,(H,28,35)(H,29,33)/t21-/m0/s1. The number of hydrogen-bond acceptors (Lipinski definition) is 8. The van der Waals surface area contributed by atoms with E-state index in [0.29, 0.717) is 24.5 Å². The molecule has 2 N–H and O–H groups in total. The molecule has 11 nitrogen and oxygen atoms in total. The molecule has 0 unspecified atom stereocenters. The van der Waals surface area contributed by atoms with Gasteiger partial charge in [0.1, 0.15) is 11.8 Å². The predicted octanol–water partition coefficient (Wildman–Crippen LogP) is 0.897. The Bertz CT molecular complexity index is 1180. The van der Waals surface area contributed by atoms with Gasteiger partial charge < -0.3 is 29.7 Å². The Balaban J connectivity index is 1.13. The predicted molar refractivity (Wildman–Crippen MR) is 139 cm³/mol. The molecule has 2 saturated heterocycles. The van der Waals surface area contributed by atoms with Gasteiger partial charge in [-0.05, 0) is 29.8 Å². The molecular formula is C27H33N5O6. The molecule has 11 heteroatoms. The molecule has 3 heterocycles. The van der Waals surface area contributed by atoms with E-state index in [0.717, 1.165) is 49.8 Å². The summed E-state index contributed by atoms with van der Waals surface area (Å²) in [7, 11) is 1.52. The Morgan fingerprint density at radius 2 is 1.79 bits per heavy atom. The third kappa shape index (κ3) is 6.00. The van der Waals surface area contributed by atoms with Crippen molar-refractivity contribution in [1.29, 1.82) is 0 Å². The van der Waals surface area contributed by atoms with E-state index in [2.05, 4.69) is 26.5 Å². The second-order valence-electron chi connectivity index (χ2n) is 9.59. The maximum Gasteiger partial charge on any atom is 0.243 e. The van der Waals surface area contributed by atoms with Crippen LogP contribution in [-0.4, -0.2) is 98.2 Å². The molecule has 202 valence electrons. The Hall–Kier alpha value is -3.83. The fourth-order valence-electron chi connectivity index (χ4n) is 5.03. The van der Waals surface area contributed by atoms with Gasteiger partial charge in [-0.3, -0.25) is 24.2 Å². The van der Waals surface area contributed by atoms with Crippen LogP contribution in [0.4, 0.5) is 5.69 Å². The number of nitrogens with zero attached hydrogens (tertiary/aromatic N) is 3. The zero-order valence-corrected chi connectivity index (χ0v) is 21.5. The molecule has 2 aromatic rings. The van der Waals surface area contributed by atoms with Crippen LogP contribution in [0.5, 0.6) is 17.2 Å². The van der Waals surface area contributed by atoms with Crippen LogP contribution in [0.3, 0.4) is 0 Å². The number of ether oxygens (including phenoxy) is 3. The van der Waals surface area contributed by atoms with Gasteiger partial charge in [0.05, 0.1) is 25.8 Å². The Labute approximate surface area is 221 Å². The summed E-state index contributed by atoms with van der Waals surface area (Å²) in [4.78, 5) is 44.7. The number of carbonyl (C=O) groups is 3. The second-order valence-corrected chi connectivity index (χ2v) is 9.59. The molecular weight excluding hydrogens is 490 g/mol. The van der Waals surface area contributed by atoms with Gasteiger partial charge in [0.2, 0.25) is 24.5 Å². The van der Waals surface area contributed by atoms with Crippen molar-refractivity contribution in [3.63, 3.8) is 0 Å². The maximum absolute atomic E-state index is 13.3. The molecule has 38 heavy (non-hydrogen) atoms. The van der Waals surface area contributed by atoms with Crippen molar-refractivity contribution in [2.75, 3.05) is 65.0 Å². The number of nitrogens with one attached hydrogen (secondary N) is 2. The number of benzene rings is 2. The van der Waals surface area contributed by atoms with Crippen LogP contribution in [0.2, 0.25) is 0 Å². The number of methoxy groups -OCH3 is 1. The first-order chi connectivity index (χ1) is 18.5. The van der Waals surface area contributed by atoms with Crippen LogP contribution < -0.4 is 24.8 Å². The number of hydrogen-bond donors (Lipinski definition) is 2. The molecule has 5 rings (SSSR count). The van der Waals surface area contributed by atoms with E-state index < -0.39 is 6.04 Å². The Morgan fingerprint density at radius 3 is 2.61 bits per heavy atom. The first kappa shape index (κ1) is 25.8. The number of rotatable bonds is 8. The van der Waals surface area contributed by atoms with Crippen molar-refractivity contribution in [3.8, 4) is 17.2 Å².